The van der Waals surface area contributed by atoms with E-state index < -0.39 is 0 Å². The summed E-state index contributed by atoms with van der Waals surface area (Å²) in [4.78, 5) is 18.4. The zero-order valence-electron chi connectivity index (χ0n) is 17.0. The molecule has 0 bridgehead atoms. The van der Waals surface area contributed by atoms with Gasteiger partial charge in [-0.2, -0.15) is 0 Å². The van der Waals surface area contributed by atoms with Gasteiger partial charge >= 0.3 is 0 Å². The van der Waals surface area contributed by atoms with Crippen LogP contribution in [0.25, 0.3) is 32.1 Å². The lowest BCUT2D eigenvalue weighted by molar-refractivity contribution is 0.0953. The van der Waals surface area contributed by atoms with Crippen LogP contribution in [0.4, 0.5) is 0 Å². The molecule has 0 aliphatic heterocycles. The molecule has 4 aromatic rings. The molecule has 6 heteroatoms. The Morgan fingerprint density at radius 2 is 1.97 bits per heavy atom. The van der Waals surface area contributed by atoms with Crippen molar-refractivity contribution in [3.63, 3.8) is 0 Å². The molecule has 1 amide bonds. The summed E-state index contributed by atoms with van der Waals surface area (Å²) in [5, 5.41) is 5.63. The molecule has 2 heterocycles. The van der Waals surface area contributed by atoms with Gasteiger partial charge in [0.2, 0.25) is 0 Å². The number of thiophene rings is 1. The Kier molecular flexibility index (Phi) is 6.32. The van der Waals surface area contributed by atoms with Crippen molar-refractivity contribution >= 4 is 49.8 Å². The third kappa shape index (κ3) is 4.06. The minimum atomic E-state index is -0.0722. The van der Waals surface area contributed by atoms with Crippen molar-refractivity contribution in [3.8, 4) is 11.1 Å². The number of nitrogens with zero attached hydrogens (tertiary/aromatic N) is 1. The van der Waals surface area contributed by atoms with E-state index in [0.29, 0.717) is 23.1 Å². The van der Waals surface area contributed by atoms with Crippen molar-refractivity contribution in [3.05, 3.63) is 64.1 Å². The lowest BCUT2D eigenvalue weighted by Gasteiger charge is -2.08. The highest BCUT2D eigenvalue weighted by molar-refractivity contribution is 7.22. The number of nitrogens with one attached hydrogen (secondary N) is 1. The van der Waals surface area contributed by atoms with E-state index in [0.717, 1.165) is 45.0 Å². The third-order valence-corrected chi connectivity index (χ3v) is 6.62. The number of fused-ring (bicyclic) bond motifs is 3. The number of hydrogen-bond donors (Lipinski definition) is 1. The first-order chi connectivity index (χ1) is 14.6. The summed E-state index contributed by atoms with van der Waals surface area (Å²) >= 11 is 7.76. The molecule has 0 saturated carbocycles. The Morgan fingerprint density at radius 1 is 1.17 bits per heavy atom. The van der Waals surface area contributed by atoms with Crippen LogP contribution in [0.5, 0.6) is 0 Å². The standard InChI is InChI=1S/C24H23ClN2O2S/c1-3-15-5-7-16(8-6-15)21-19-14-27-20-10-9-17(25)13-18(20)22(19)30-23(21)24(28)26-11-4-12-29-2/h5-10,13-14H,3-4,11-12H2,1-2H3,(H,26,28). The molecular weight excluding hydrogens is 416 g/mol. The summed E-state index contributed by atoms with van der Waals surface area (Å²) in [5.74, 6) is -0.0722. The lowest BCUT2D eigenvalue weighted by atomic mass is 9.99. The molecule has 0 unspecified atom stereocenters. The van der Waals surface area contributed by atoms with Gasteiger partial charge in [-0.1, -0.05) is 42.8 Å². The average Bonchev–Trinajstić information content (AvgIpc) is 3.17. The number of methoxy groups -OCH3 is 1. The monoisotopic (exact) mass is 438 g/mol. The van der Waals surface area contributed by atoms with Gasteiger partial charge in [-0.25, -0.2) is 0 Å². The van der Waals surface area contributed by atoms with Gasteiger partial charge < -0.3 is 10.1 Å². The number of benzene rings is 2. The number of rotatable bonds is 7. The Bertz CT molecular complexity index is 1200. The highest BCUT2D eigenvalue weighted by Crippen LogP contribution is 2.42. The lowest BCUT2D eigenvalue weighted by Crippen LogP contribution is -2.24. The molecule has 0 saturated heterocycles. The van der Waals surface area contributed by atoms with Crippen LogP contribution in [0.1, 0.15) is 28.6 Å². The van der Waals surface area contributed by atoms with Crippen LogP contribution in [0.2, 0.25) is 5.02 Å². The van der Waals surface area contributed by atoms with E-state index >= 15 is 0 Å². The quantitative estimate of drug-likeness (QED) is 0.355. The summed E-state index contributed by atoms with van der Waals surface area (Å²) in [6.45, 7) is 3.32. The Balaban J connectivity index is 1.87. The zero-order valence-corrected chi connectivity index (χ0v) is 18.6. The topological polar surface area (TPSA) is 51.2 Å². The summed E-state index contributed by atoms with van der Waals surface area (Å²) < 4.78 is 6.11. The normalized spacial score (nSPS) is 11.3. The minimum Gasteiger partial charge on any atom is -0.385 e. The predicted molar refractivity (Wildman–Crippen MR) is 126 cm³/mol. The van der Waals surface area contributed by atoms with Gasteiger partial charge in [0.05, 0.1) is 5.52 Å². The predicted octanol–water partition coefficient (Wildman–Crippen LogP) is 6.10. The SMILES string of the molecule is CCc1ccc(-c2c(C(=O)NCCCOC)sc3c2cnc2ccc(Cl)cc23)cc1. The van der Waals surface area contributed by atoms with Gasteiger partial charge in [-0.3, -0.25) is 9.78 Å². The van der Waals surface area contributed by atoms with Crippen LogP contribution in [0.15, 0.2) is 48.7 Å². The number of halogens is 1. The van der Waals surface area contributed by atoms with Gasteiger partial charge in [-0.15, -0.1) is 11.3 Å². The van der Waals surface area contributed by atoms with E-state index in [4.69, 9.17) is 16.3 Å². The van der Waals surface area contributed by atoms with Crippen LogP contribution in [-0.2, 0) is 11.2 Å². The Morgan fingerprint density at radius 3 is 2.70 bits per heavy atom. The maximum Gasteiger partial charge on any atom is 0.262 e. The smallest absolute Gasteiger partial charge is 0.262 e. The van der Waals surface area contributed by atoms with E-state index in [9.17, 15) is 4.79 Å². The number of amides is 1. The molecule has 2 aromatic heterocycles. The van der Waals surface area contributed by atoms with Gasteiger partial charge in [0, 0.05) is 52.5 Å². The highest BCUT2D eigenvalue weighted by atomic mass is 35.5. The Hall–Kier alpha value is -2.47. The highest BCUT2D eigenvalue weighted by Gasteiger charge is 2.21. The van der Waals surface area contributed by atoms with Crippen LogP contribution in [0, 0.1) is 0 Å². The van der Waals surface area contributed by atoms with E-state index in [1.165, 1.54) is 16.9 Å². The number of hydrogen-bond acceptors (Lipinski definition) is 4. The number of aromatic nitrogens is 1. The maximum absolute atomic E-state index is 13.1. The average molecular weight is 439 g/mol. The van der Waals surface area contributed by atoms with Gasteiger partial charge in [0.25, 0.3) is 5.91 Å². The van der Waals surface area contributed by atoms with E-state index in [1.54, 1.807) is 7.11 Å². The first-order valence-corrected chi connectivity index (χ1v) is 11.2. The van der Waals surface area contributed by atoms with Crippen LogP contribution < -0.4 is 5.32 Å². The van der Waals surface area contributed by atoms with Gasteiger partial charge in [-0.05, 0) is 42.2 Å². The number of carbonyl (C=O) groups excluding carboxylic acids is 1. The van der Waals surface area contributed by atoms with Crippen LogP contribution in [0.3, 0.4) is 0 Å². The second-order valence-corrected chi connectivity index (χ2v) is 8.58. The molecule has 1 N–H and O–H groups in total. The molecular formula is C24H23ClN2O2S. The summed E-state index contributed by atoms with van der Waals surface area (Å²) in [6, 6.07) is 14.1. The molecule has 4 nitrogen and oxygen atoms in total. The summed E-state index contributed by atoms with van der Waals surface area (Å²) in [6.07, 6.45) is 3.61. The fourth-order valence-corrected chi connectivity index (χ4v) is 4.97. The van der Waals surface area contributed by atoms with Crippen molar-refractivity contribution in [1.82, 2.24) is 10.3 Å². The fraction of sp³-hybridized carbons (Fsp3) is 0.250. The number of carbonyl (C=O) groups is 1. The maximum atomic E-state index is 13.1. The molecule has 154 valence electrons. The fourth-order valence-electron chi connectivity index (χ4n) is 3.56. The molecule has 0 aliphatic rings. The van der Waals surface area contributed by atoms with Crippen molar-refractivity contribution in [2.75, 3.05) is 20.3 Å². The van der Waals surface area contributed by atoms with E-state index in [1.807, 2.05) is 24.4 Å². The largest absolute Gasteiger partial charge is 0.385 e. The summed E-state index contributed by atoms with van der Waals surface area (Å²) in [5.41, 5.74) is 4.08. The van der Waals surface area contributed by atoms with Crippen molar-refractivity contribution in [2.24, 2.45) is 0 Å². The van der Waals surface area contributed by atoms with E-state index in [-0.39, 0.29) is 5.91 Å². The second-order valence-electron chi connectivity index (χ2n) is 7.12. The Labute approximate surface area is 184 Å². The zero-order chi connectivity index (χ0) is 21.1. The van der Waals surface area contributed by atoms with Gasteiger partial charge in [0.1, 0.15) is 4.88 Å². The van der Waals surface area contributed by atoms with E-state index in [2.05, 4.69) is 41.5 Å². The van der Waals surface area contributed by atoms with Crippen LogP contribution >= 0.6 is 22.9 Å². The molecule has 0 fully saturated rings. The summed E-state index contributed by atoms with van der Waals surface area (Å²) in [7, 11) is 1.66. The van der Waals surface area contributed by atoms with Crippen molar-refractivity contribution in [1.29, 1.82) is 0 Å². The number of pyridine rings is 1. The third-order valence-electron chi connectivity index (χ3n) is 5.15. The molecule has 0 atom stereocenters. The number of aryl methyl sites for hydroxylation is 1. The van der Waals surface area contributed by atoms with Crippen molar-refractivity contribution in [2.45, 2.75) is 19.8 Å². The molecule has 30 heavy (non-hydrogen) atoms. The van der Waals surface area contributed by atoms with Gasteiger partial charge in [0.15, 0.2) is 0 Å². The first kappa shape index (κ1) is 20.8. The minimum absolute atomic E-state index is 0.0722. The van der Waals surface area contributed by atoms with Crippen molar-refractivity contribution < 1.29 is 9.53 Å². The second kappa shape index (κ2) is 9.13. The first-order valence-electron chi connectivity index (χ1n) is 9.99. The van der Waals surface area contributed by atoms with Crippen LogP contribution in [-0.4, -0.2) is 31.2 Å². The molecule has 0 spiro atoms. The molecule has 0 aliphatic carbocycles. The molecule has 0 radical (unpaired) electrons. The molecule has 2 aromatic carbocycles. The molecule has 4 rings (SSSR count). The number of ether oxygens (including phenoxy) is 1.